The molecule has 0 saturated heterocycles. The number of likely N-dealkylation sites (N-methyl/N-ethyl adjacent to an activating group) is 1. The number of carbonyl (C=O) groups is 1. The predicted molar refractivity (Wildman–Crippen MR) is 109 cm³/mol. The quantitative estimate of drug-likeness (QED) is 0.422. The van der Waals surface area contributed by atoms with Crippen LogP contribution in [0.2, 0.25) is 0 Å². The van der Waals surface area contributed by atoms with Crippen LogP contribution in [0, 0.1) is 0 Å². The number of hydrogen-bond acceptors (Lipinski definition) is 3. The molecule has 5 nitrogen and oxygen atoms in total. The van der Waals surface area contributed by atoms with Crippen LogP contribution in [-0.2, 0) is 17.8 Å². The Hall–Kier alpha value is -2.63. The zero-order valence-electron chi connectivity index (χ0n) is 15.4. The van der Waals surface area contributed by atoms with Crippen LogP contribution < -0.4 is 5.32 Å². The Morgan fingerprint density at radius 1 is 1.11 bits per heavy atom. The summed E-state index contributed by atoms with van der Waals surface area (Å²) in [7, 11) is 0. The summed E-state index contributed by atoms with van der Waals surface area (Å²) in [6.45, 7) is 6.15. The molecule has 27 heavy (non-hydrogen) atoms. The molecule has 5 rings (SSSR count). The molecule has 1 aliphatic rings. The molecule has 4 aromatic rings. The van der Waals surface area contributed by atoms with Crippen molar-refractivity contribution in [2.24, 2.45) is 0 Å². The van der Waals surface area contributed by atoms with Crippen molar-refractivity contribution in [3.63, 3.8) is 0 Å². The van der Waals surface area contributed by atoms with Crippen molar-refractivity contribution in [1.29, 1.82) is 0 Å². The molecular weight excluding hydrogens is 338 g/mol. The van der Waals surface area contributed by atoms with E-state index in [4.69, 9.17) is 4.74 Å². The average Bonchev–Trinajstić information content (AvgIpc) is 3.15. The Morgan fingerprint density at radius 3 is 2.81 bits per heavy atom. The minimum Gasteiger partial charge on any atom is -0.373 e. The van der Waals surface area contributed by atoms with Crippen LogP contribution in [0.15, 0.2) is 42.6 Å². The van der Waals surface area contributed by atoms with Gasteiger partial charge in [-0.25, -0.2) is 0 Å². The smallest absolute Gasteiger partial charge is 0.152 e. The van der Waals surface area contributed by atoms with E-state index in [2.05, 4.69) is 57.8 Å². The molecule has 5 heteroatoms. The number of carbonyl (C=O) groups excluding carboxylic acids is 1. The van der Waals surface area contributed by atoms with Gasteiger partial charge in [-0.2, -0.15) is 0 Å². The van der Waals surface area contributed by atoms with E-state index in [1.165, 1.54) is 21.8 Å². The lowest BCUT2D eigenvalue weighted by molar-refractivity contribution is 0.0353. The highest BCUT2D eigenvalue weighted by Crippen LogP contribution is 2.37. The molecule has 0 amide bonds. The summed E-state index contributed by atoms with van der Waals surface area (Å²) >= 11 is 0. The number of fused-ring (bicyclic) bond motifs is 3. The monoisotopic (exact) mass is 361 g/mol. The molecule has 3 heterocycles. The van der Waals surface area contributed by atoms with Crippen molar-refractivity contribution < 1.29 is 9.53 Å². The Bertz CT molecular complexity index is 1150. The van der Waals surface area contributed by atoms with Crippen LogP contribution in [0.25, 0.3) is 32.7 Å². The van der Waals surface area contributed by atoms with Crippen LogP contribution in [0.5, 0.6) is 0 Å². The number of hydrogen-bond donors (Lipinski definition) is 1. The first kappa shape index (κ1) is 16.5. The van der Waals surface area contributed by atoms with Crippen molar-refractivity contribution in [2.45, 2.75) is 26.1 Å². The first-order chi connectivity index (χ1) is 13.3. The second-order valence-corrected chi connectivity index (χ2v) is 7.19. The Morgan fingerprint density at radius 2 is 1.96 bits per heavy atom. The summed E-state index contributed by atoms with van der Waals surface area (Å²) in [5.41, 5.74) is 4.32. The highest BCUT2D eigenvalue weighted by atomic mass is 16.5. The number of aldehydes is 1. The van der Waals surface area contributed by atoms with E-state index in [0.717, 1.165) is 48.9 Å². The number of benzene rings is 2. The van der Waals surface area contributed by atoms with Crippen molar-refractivity contribution in [3.05, 3.63) is 48.2 Å². The molecule has 1 aliphatic heterocycles. The zero-order chi connectivity index (χ0) is 18.4. The molecule has 0 radical (unpaired) electrons. The Balaban J connectivity index is 1.72. The summed E-state index contributed by atoms with van der Waals surface area (Å²) in [4.78, 5) is 11.6. The topological polar surface area (TPSA) is 48.2 Å². The number of nitrogens with zero attached hydrogens (tertiary/aromatic N) is 2. The number of nitrogens with one attached hydrogen (secondary N) is 1. The maximum absolute atomic E-state index is 11.6. The molecule has 2 aromatic heterocycles. The van der Waals surface area contributed by atoms with Crippen LogP contribution in [-0.4, -0.2) is 41.2 Å². The van der Waals surface area contributed by atoms with Crippen LogP contribution >= 0.6 is 0 Å². The van der Waals surface area contributed by atoms with Crippen molar-refractivity contribution >= 4 is 39.0 Å². The molecule has 0 fully saturated rings. The maximum atomic E-state index is 11.6. The molecule has 0 aliphatic carbocycles. The average molecular weight is 361 g/mol. The largest absolute Gasteiger partial charge is 0.373 e. The van der Waals surface area contributed by atoms with Gasteiger partial charge in [-0.05, 0) is 12.6 Å². The number of aromatic nitrogens is 2. The molecule has 0 spiro atoms. The molecule has 138 valence electrons. The van der Waals surface area contributed by atoms with E-state index in [1.807, 2.05) is 6.20 Å². The van der Waals surface area contributed by atoms with Gasteiger partial charge in [0.05, 0.1) is 36.8 Å². The highest BCUT2D eigenvalue weighted by Gasteiger charge is 2.24. The number of rotatable bonds is 6. The van der Waals surface area contributed by atoms with E-state index in [0.29, 0.717) is 6.61 Å². The zero-order valence-corrected chi connectivity index (χ0v) is 15.4. The number of ether oxygens (including phenoxy) is 1. The SMILES string of the molecule is CCNCCOC1Cn2cc(C=O)c3ccc4c5ccccc5n(c4c32)C1. The van der Waals surface area contributed by atoms with Crippen LogP contribution in [0.4, 0.5) is 0 Å². The van der Waals surface area contributed by atoms with Gasteiger partial charge < -0.3 is 19.2 Å². The fourth-order valence-electron chi connectivity index (χ4n) is 4.44. The Kier molecular flexibility index (Phi) is 3.99. The number of para-hydroxylation sites is 1. The van der Waals surface area contributed by atoms with Crippen molar-refractivity contribution in [2.75, 3.05) is 19.7 Å². The van der Waals surface area contributed by atoms with Crippen LogP contribution in [0.1, 0.15) is 17.3 Å². The molecule has 0 bridgehead atoms. The summed E-state index contributed by atoms with van der Waals surface area (Å²) in [6.07, 6.45) is 3.00. The molecule has 1 unspecified atom stereocenters. The van der Waals surface area contributed by atoms with Gasteiger partial charge in [-0.15, -0.1) is 0 Å². The predicted octanol–water partition coefficient (Wildman–Crippen LogP) is 3.57. The van der Waals surface area contributed by atoms with Gasteiger partial charge in [-0.3, -0.25) is 4.79 Å². The summed E-state index contributed by atoms with van der Waals surface area (Å²) in [5, 5.41) is 6.83. The Labute approximate surface area is 157 Å². The molecule has 2 aromatic carbocycles. The lowest BCUT2D eigenvalue weighted by Gasteiger charge is -2.18. The van der Waals surface area contributed by atoms with Gasteiger partial charge in [0.25, 0.3) is 0 Å². The molecule has 1 N–H and O–H groups in total. The van der Waals surface area contributed by atoms with E-state index in [1.54, 1.807) is 0 Å². The fraction of sp³-hybridized carbons (Fsp3) is 0.318. The van der Waals surface area contributed by atoms with E-state index < -0.39 is 0 Å². The van der Waals surface area contributed by atoms with E-state index >= 15 is 0 Å². The minimum absolute atomic E-state index is 0.0603. The van der Waals surface area contributed by atoms with E-state index in [-0.39, 0.29) is 6.10 Å². The second-order valence-electron chi connectivity index (χ2n) is 7.19. The van der Waals surface area contributed by atoms with Gasteiger partial charge >= 0.3 is 0 Å². The van der Waals surface area contributed by atoms with Gasteiger partial charge in [0, 0.05) is 40.0 Å². The second kappa shape index (κ2) is 6.51. The fourth-order valence-corrected chi connectivity index (χ4v) is 4.44. The maximum Gasteiger partial charge on any atom is 0.152 e. The van der Waals surface area contributed by atoms with Gasteiger partial charge in [0.1, 0.15) is 0 Å². The van der Waals surface area contributed by atoms with Crippen LogP contribution in [0.3, 0.4) is 0 Å². The first-order valence-corrected chi connectivity index (χ1v) is 9.62. The van der Waals surface area contributed by atoms with Gasteiger partial charge in [-0.1, -0.05) is 37.3 Å². The third-order valence-electron chi connectivity index (χ3n) is 5.60. The molecular formula is C22H23N3O2. The lowest BCUT2D eigenvalue weighted by Crippen LogP contribution is -2.28. The highest BCUT2D eigenvalue weighted by molar-refractivity contribution is 6.19. The first-order valence-electron chi connectivity index (χ1n) is 9.62. The summed E-state index contributed by atoms with van der Waals surface area (Å²) < 4.78 is 10.8. The molecule has 1 atom stereocenters. The van der Waals surface area contributed by atoms with E-state index in [9.17, 15) is 4.79 Å². The third-order valence-corrected chi connectivity index (χ3v) is 5.60. The van der Waals surface area contributed by atoms with Gasteiger partial charge in [0.15, 0.2) is 6.29 Å². The van der Waals surface area contributed by atoms with Gasteiger partial charge in [0.2, 0.25) is 0 Å². The summed E-state index contributed by atoms with van der Waals surface area (Å²) in [5.74, 6) is 0. The summed E-state index contributed by atoms with van der Waals surface area (Å²) in [6, 6.07) is 12.8. The third kappa shape index (κ3) is 2.50. The van der Waals surface area contributed by atoms with Crippen molar-refractivity contribution in [1.82, 2.24) is 14.5 Å². The minimum atomic E-state index is 0.0603. The lowest BCUT2D eigenvalue weighted by atomic mass is 10.1. The normalized spacial score (nSPS) is 16.6. The molecule has 0 saturated carbocycles. The van der Waals surface area contributed by atoms with Crippen molar-refractivity contribution in [3.8, 4) is 0 Å². The standard InChI is InChI=1S/C22H23N3O2/c1-2-23-9-10-27-16-12-24-11-15(14-26)17-7-8-19-18-5-3-4-6-20(18)25(13-16)22(19)21(17)24/h3-8,11,14,16,23H,2,9-10,12-13H2,1H3.